The van der Waals surface area contributed by atoms with E-state index in [1.807, 2.05) is 43.3 Å². The van der Waals surface area contributed by atoms with Gasteiger partial charge in [0.25, 0.3) is 5.91 Å². The van der Waals surface area contributed by atoms with Gasteiger partial charge in [-0.25, -0.2) is 23.7 Å². The number of anilines is 2. The number of sulfonamides is 1. The highest BCUT2D eigenvalue weighted by atomic mass is 32.2. The summed E-state index contributed by atoms with van der Waals surface area (Å²) in [5, 5.41) is 13.1. The maximum absolute atomic E-state index is 12.4. The quantitative estimate of drug-likeness (QED) is 0.394. The zero-order valence-corrected chi connectivity index (χ0v) is 17.2. The number of primary sulfonamides is 1. The Kier molecular flexibility index (Phi) is 5.85. The third-order valence-corrected chi connectivity index (χ3v) is 5.18. The van der Waals surface area contributed by atoms with Gasteiger partial charge in [-0.1, -0.05) is 12.1 Å². The summed E-state index contributed by atoms with van der Waals surface area (Å²) in [6.07, 6.45) is 2.82. The summed E-state index contributed by atoms with van der Waals surface area (Å²) in [6, 6.07) is 13.3. The summed E-state index contributed by atoms with van der Waals surface area (Å²) in [4.78, 5) is 14.3. The van der Waals surface area contributed by atoms with Crippen molar-refractivity contribution in [3.63, 3.8) is 0 Å². The van der Waals surface area contributed by atoms with Crippen molar-refractivity contribution in [2.24, 2.45) is 10.2 Å². The average Bonchev–Trinajstić information content (AvgIpc) is 3.09. The highest BCUT2D eigenvalue weighted by Gasteiger charge is 2.16. The van der Waals surface area contributed by atoms with E-state index < -0.39 is 15.9 Å². The van der Waals surface area contributed by atoms with Crippen molar-refractivity contribution in [2.75, 3.05) is 24.7 Å². The molecule has 0 radical (unpaired) electrons. The van der Waals surface area contributed by atoms with Crippen LogP contribution in [0, 0.1) is 0 Å². The fraction of sp³-hybridized carbons (Fsp3) is 0.105. The van der Waals surface area contributed by atoms with Gasteiger partial charge in [0.2, 0.25) is 10.0 Å². The molecule has 3 rings (SSSR count). The van der Waals surface area contributed by atoms with Gasteiger partial charge in [-0.15, -0.1) is 0 Å². The number of hydrazone groups is 1. The monoisotopic (exact) mass is 427 g/mol. The van der Waals surface area contributed by atoms with E-state index in [1.54, 1.807) is 0 Å². The zero-order valence-electron chi connectivity index (χ0n) is 16.4. The van der Waals surface area contributed by atoms with Crippen molar-refractivity contribution in [3.05, 3.63) is 65.9 Å². The molecule has 0 unspecified atom stereocenters. The molecule has 0 aliphatic rings. The zero-order chi connectivity index (χ0) is 21.9. The Bertz CT molecular complexity index is 1180. The van der Waals surface area contributed by atoms with Gasteiger partial charge < -0.3 is 10.6 Å². The van der Waals surface area contributed by atoms with Crippen LogP contribution in [0.2, 0.25) is 0 Å². The van der Waals surface area contributed by atoms with E-state index in [2.05, 4.69) is 15.6 Å². The normalized spacial score (nSPS) is 11.6. The second-order valence-electron chi connectivity index (χ2n) is 6.58. The third-order valence-electron chi connectivity index (χ3n) is 4.25. The lowest BCUT2D eigenvalue weighted by molar-refractivity contribution is 0.0956. The van der Waals surface area contributed by atoms with Crippen LogP contribution in [0.15, 0.2) is 64.7 Å². The maximum atomic E-state index is 12.4. The molecule has 0 saturated carbocycles. The highest BCUT2D eigenvalue weighted by molar-refractivity contribution is 7.89. The van der Waals surface area contributed by atoms with Gasteiger partial charge in [-0.05, 0) is 42.0 Å². The Morgan fingerprint density at radius 3 is 2.33 bits per heavy atom. The van der Waals surface area contributed by atoms with Gasteiger partial charge >= 0.3 is 0 Å². The van der Waals surface area contributed by atoms with Crippen molar-refractivity contribution in [1.29, 1.82) is 0 Å². The fourth-order valence-corrected chi connectivity index (χ4v) is 3.12. The van der Waals surface area contributed by atoms with Crippen LogP contribution in [-0.4, -0.2) is 44.4 Å². The predicted molar refractivity (Wildman–Crippen MR) is 115 cm³/mol. The molecule has 0 aliphatic heterocycles. The van der Waals surface area contributed by atoms with E-state index in [0.29, 0.717) is 5.69 Å². The molecule has 11 heteroatoms. The minimum absolute atomic E-state index is 0.0390. The number of carbonyl (C=O) groups is 1. The first-order chi connectivity index (χ1) is 14.2. The van der Waals surface area contributed by atoms with Gasteiger partial charge in [0.1, 0.15) is 11.4 Å². The number of amides is 1. The molecule has 1 heterocycles. The van der Waals surface area contributed by atoms with Gasteiger partial charge in [-0.3, -0.25) is 4.79 Å². The van der Waals surface area contributed by atoms with Gasteiger partial charge in [0.05, 0.1) is 23.0 Å². The molecule has 0 atom stereocenters. The van der Waals surface area contributed by atoms with Crippen LogP contribution in [0.5, 0.6) is 0 Å². The SMILES string of the molecule is CN(C)c1ccc(/C=N/NC(=O)c2cnn(-c3ccc(S(N)(=O)=O)cc3)c2N)cc1. The molecule has 0 aliphatic carbocycles. The number of rotatable bonds is 6. The van der Waals surface area contributed by atoms with Crippen LogP contribution >= 0.6 is 0 Å². The molecule has 0 spiro atoms. The highest BCUT2D eigenvalue weighted by Crippen LogP contribution is 2.18. The molecule has 1 amide bonds. The number of benzene rings is 2. The second-order valence-corrected chi connectivity index (χ2v) is 8.14. The number of nitrogens with zero attached hydrogens (tertiary/aromatic N) is 4. The van der Waals surface area contributed by atoms with Crippen LogP contribution < -0.4 is 21.2 Å². The number of nitrogens with one attached hydrogen (secondary N) is 1. The molecule has 0 fully saturated rings. The Balaban J connectivity index is 1.71. The van der Waals surface area contributed by atoms with Crippen LogP contribution in [0.1, 0.15) is 15.9 Å². The first-order valence-corrected chi connectivity index (χ1v) is 10.3. The first kappa shape index (κ1) is 21.0. The Labute approximate surface area is 173 Å². The average molecular weight is 427 g/mol. The van der Waals surface area contributed by atoms with Crippen LogP contribution in [0.3, 0.4) is 0 Å². The van der Waals surface area contributed by atoms with Gasteiger partial charge in [0, 0.05) is 19.8 Å². The number of hydrogen-bond donors (Lipinski definition) is 3. The van der Waals surface area contributed by atoms with E-state index in [-0.39, 0.29) is 16.3 Å². The summed E-state index contributed by atoms with van der Waals surface area (Å²) in [5.41, 5.74) is 10.9. The lowest BCUT2D eigenvalue weighted by Gasteiger charge is -2.11. The van der Waals surface area contributed by atoms with Crippen molar-refractivity contribution in [2.45, 2.75) is 4.90 Å². The molecule has 3 aromatic rings. The Morgan fingerprint density at radius 2 is 1.77 bits per heavy atom. The standard InChI is InChI=1S/C19H21N7O3S/c1-25(2)14-5-3-13(4-6-14)11-22-24-19(27)17-12-23-26(18(17)20)15-7-9-16(10-8-15)30(21,28)29/h3-12H,20H2,1-2H3,(H,24,27)(H2,21,28,29)/b22-11+. The molecule has 30 heavy (non-hydrogen) atoms. The molecule has 2 aromatic carbocycles. The van der Waals surface area contributed by atoms with Gasteiger partial charge in [-0.2, -0.15) is 10.2 Å². The fourth-order valence-electron chi connectivity index (χ4n) is 2.60. The van der Waals surface area contributed by atoms with Crippen LogP contribution in [0.25, 0.3) is 5.69 Å². The van der Waals surface area contributed by atoms with E-state index in [4.69, 9.17) is 10.9 Å². The smallest absolute Gasteiger partial charge is 0.276 e. The summed E-state index contributed by atoms with van der Waals surface area (Å²) in [6.45, 7) is 0. The molecule has 10 nitrogen and oxygen atoms in total. The largest absolute Gasteiger partial charge is 0.383 e. The number of nitrogens with two attached hydrogens (primary N) is 2. The summed E-state index contributed by atoms with van der Waals surface area (Å²) >= 11 is 0. The van der Waals surface area contributed by atoms with Gasteiger partial charge in [0.15, 0.2) is 0 Å². The Morgan fingerprint density at radius 1 is 1.13 bits per heavy atom. The molecular formula is C19H21N7O3S. The number of nitrogen functional groups attached to an aromatic ring is 1. The van der Waals surface area contributed by atoms with E-state index >= 15 is 0 Å². The molecular weight excluding hydrogens is 406 g/mol. The third kappa shape index (κ3) is 4.64. The number of aromatic nitrogens is 2. The maximum Gasteiger partial charge on any atom is 0.276 e. The van der Waals surface area contributed by atoms with Crippen molar-refractivity contribution in [3.8, 4) is 5.69 Å². The predicted octanol–water partition coefficient (Wildman–Crippen LogP) is 0.932. The minimum atomic E-state index is -3.80. The van der Waals surface area contributed by atoms with E-state index in [0.717, 1.165) is 11.3 Å². The summed E-state index contributed by atoms with van der Waals surface area (Å²) in [5.74, 6) is -0.442. The van der Waals surface area contributed by atoms with Crippen molar-refractivity contribution in [1.82, 2.24) is 15.2 Å². The van der Waals surface area contributed by atoms with E-state index in [1.165, 1.54) is 41.4 Å². The van der Waals surface area contributed by atoms with Crippen molar-refractivity contribution >= 4 is 33.7 Å². The molecule has 5 N–H and O–H groups in total. The summed E-state index contributed by atoms with van der Waals surface area (Å²) < 4.78 is 24.0. The lowest BCUT2D eigenvalue weighted by Crippen LogP contribution is -2.19. The first-order valence-electron chi connectivity index (χ1n) is 8.74. The summed E-state index contributed by atoms with van der Waals surface area (Å²) in [7, 11) is 0.0902. The number of carbonyl (C=O) groups excluding carboxylic acids is 1. The minimum Gasteiger partial charge on any atom is -0.383 e. The van der Waals surface area contributed by atoms with E-state index in [9.17, 15) is 13.2 Å². The molecule has 0 saturated heterocycles. The number of hydrogen-bond acceptors (Lipinski definition) is 7. The lowest BCUT2D eigenvalue weighted by atomic mass is 10.2. The molecule has 156 valence electrons. The molecule has 0 bridgehead atoms. The van der Waals surface area contributed by atoms with Crippen LogP contribution in [0.4, 0.5) is 11.5 Å². The Hall–Kier alpha value is -3.70. The van der Waals surface area contributed by atoms with Crippen molar-refractivity contribution < 1.29 is 13.2 Å². The molecule has 1 aromatic heterocycles. The topological polar surface area (TPSA) is 149 Å². The van der Waals surface area contributed by atoms with Crippen LogP contribution in [-0.2, 0) is 10.0 Å². The second kappa shape index (κ2) is 8.35.